The summed E-state index contributed by atoms with van der Waals surface area (Å²) >= 11 is 0. The summed E-state index contributed by atoms with van der Waals surface area (Å²) in [5.41, 5.74) is 1.10. The number of nitrogens with one attached hydrogen (secondary N) is 1. The van der Waals surface area contributed by atoms with E-state index in [9.17, 15) is 0 Å². The van der Waals surface area contributed by atoms with Crippen LogP contribution < -0.4 is 0 Å². The number of nitrogens with zero attached hydrogens (tertiary/aromatic N) is 1. The Morgan fingerprint density at radius 1 is 1.47 bits per heavy atom. The normalized spacial score (nSPS) is 13.5. The Morgan fingerprint density at radius 2 is 2.33 bits per heavy atom. The van der Waals surface area contributed by atoms with Crippen LogP contribution in [-0.4, -0.2) is 17.7 Å². The van der Waals surface area contributed by atoms with E-state index < -0.39 is 0 Å². The number of rotatable bonds is 7. The van der Waals surface area contributed by atoms with Crippen LogP contribution in [0.15, 0.2) is 23.3 Å². The molecule has 1 heterocycles. The van der Waals surface area contributed by atoms with Gasteiger partial charge in [0.25, 0.3) is 0 Å². The van der Waals surface area contributed by atoms with Crippen LogP contribution in [0.3, 0.4) is 0 Å². The number of aliphatic imine (C=N–C) groups is 1. The number of hydrogen-bond donors (Lipinski definition) is 1. The zero-order chi connectivity index (χ0) is 10.9. The molecule has 84 valence electrons. The van der Waals surface area contributed by atoms with Gasteiger partial charge in [-0.15, -0.1) is 0 Å². The van der Waals surface area contributed by atoms with Gasteiger partial charge < -0.3 is 4.98 Å². The van der Waals surface area contributed by atoms with Crippen LogP contribution in [0.5, 0.6) is 0 Å². The molecule has 1 aromatic rings. The lowest BCUT2D eigenvalue weighted by molar-refractivity contribution is 0.463. The van der Waals surface area contributed by atoms with Crippen molar-refractivity contribution in [3.8, 4) is 0 Å². The average Bonchev–Trinajstić information content (AvgIpc) is 2.76. The molecule has 0 saturated heterocycles. The van der Waals surface area contributed by atoms with Crippen LogP contribution in [0.2, 0.25) is 0 Å². The first-order valence-corrected chi connectivity index (χ1v) is 6.00. The maximum absolute atomic E-state index is 4.48. The molecule has 0 aliphatic rings. The van der Waals surface area contributed by atoms with Gasteiger partial charge in [-0.2, -0.15) is 0 Å². The molecule has 1 unspecified atom stereocenters. The summed E-state index contributed by atoms with van der Waals surface area (Å²) < 4.78 is 0. The first kappa shape index (κ1) is 12.0. The molecule has 2 nitrogen and oxygen atoms in total. The Morgan fingerprint density at radius 3 is 2.93 bits per heavy atom. The minimum absolute atomic E-state index is 0.760. The first-order valence-electron chi connectivity index (χ1n) is 6.00. The maximum atomic E-state index is 4.48. The van der Waals surface area contributed by atoms with Crippen molar-refractivity contribution in [2.45, 2.75) is 39.5 Å². The van der Waals surface area contributed by atoms with Crippen molar-refractivity contribution in [3.63, 3.8) is 0 Å². The van der Waals surface area contributed by atoms with Gasteiger partial charge in [0.05, 0.1) is 5.69 Å². The van der Waals surface area contributed by atoms with Gasteiger partial charge in [0.2, 0.25) is 0 Å². The number of aromatic nitrogens is 1. The van der Waals surface area contributed by atoms with Crippen LogP contribution in [0.1, 0.15) is 45.2 Å². The second-order valence-corrected chi connectivity index (χ2v) is 4.04. The van der Waals surface area contributed by atoms with Crippen molar-refractivity contribution in [2.75, 3.05) is 6.54 Å². The highest BCUT2D eigenvalue weighted by Crippen LogP contribution is 2.12. The third-order valence-corrected chi connectivity index (χ3v) is 2.76. The van der Waals surface area contributed by atoms with Gasteiger partial charge in [0.15, 0.2) is 0 Å². The van der Waals surface area contributed by atoms with Crippen molar-refractivity contribution in [3.05, 3.63) is 24.0 Å². The highest BCUT2D eigenvalue weighted by Gasteiger charge is 2.03. The van der Waals surface area contributed by atoms with Crippen LogP contribution in [-0.2, 0) is 0 Å². The number of hydrogen-bond acceptors (Lipinski definition) is 1. The summed E-state index contributed by atoms with van der Waals surface area (Å²) in [7, 11) is 0. The topological polar surface area (TPSA) is 28.1 Å². The molecule has 1 rings (SSSR count). The fourth-order valence-electron chi connectivity index (χ4n) is 1.64. The molecule has 15 heavy (non-hydrogen) atoms. The van der Waals surface area contributed by atoms with E-state index >= 15 is 0 Å². The lowest BCUT2D eigenvalue weighted by atomic mass is 10.00. The summed E-state index contributed by atoms with van der Waals surface area (Å²) in [4.78, 5) is 7.60. The molecule has 0 bridgehead atoms. The minimum atomic E-state index is 0.760. The number of unbranched alkanes of at least 4 members (excludes halogenated alkanes) is 1. The van der Waals surface area contributed by atoms with E-state index in [1.165, 1.54) is 25.7 Å². The Labute approximate surface area is 92.8 Å². The third kappa shape index (κ3) is 4.82. The van der Waals surface area contributed by atoms with E-state index in [1.807, 2.05) is 24.5 Å². The molecule has 0 aliphatic heterocycles. The number of aromatic amines is 1. The second kappa shape index (κ2) is 7.27. The Kier molecular flexibility index (Phi) is 5.83. The third-order valence-electron chi connectivity index (χ3n) is 2.76. The largest absolute Gasteiger partial charge is 0.360 e. The fourth-order valence-corrected chi connectivity index (χ4v) is 1.64. The molecule has 1 atom stereocenters. The lowest BCUT2D eigenvalue weighted by Crippen LogP contribution is -2.03. The molecule has 1 N–H and O–H groups in total. The van der Waals surface area contributed by atoms with Crippen molar-refractivity contribution in [1.82, 2.24) is 4.98 Å². The van der Waals surface area contributed by atoms with Crippen molar-refractivity contribution in [1.29, 1.82) is 0 Å². The van der Waals surface area contributed by atoms with Crippen molar-refractivity contribution in [2.24, 2.45) is 10.9 Å². The Balaban J connectivity index is 2.27. The van der Waals surface area contributed by atoms with Gasteiger partial charge in [-0.3, -0.25) is 4.99 Å². The van der Waals surface area contributed by atoms with Crippen LogP contribution in [0.25, 0.3) is 0 Å². The highest BCUT2D eigenvalue weighted by atomic mass is 14.8. The number of H-pyrrole nitrogens is 1. The summed E-state index contributed by atoms with van der Waals surface area (Å²) in [6, 6.07) is 4.03. The zero-order valence-electron chi connectivity index (χ0n) is 9.87. The zero-order valence-corrected chi connectivity index (χ0v) is 9.87. The van der Waals surface area contributed by atoms with Crippen LogP contribution in [0, 0.1) is 5.92 Å². The molecule has 0 amide bonds. The molecule has 1 aromatic heterocycles. The van der Waals surface area contributed by atoms with E-state index in [-0.39, 0.29) is 0 Å². The highest BCUT2D eigenvalue weighted by molar-refractivity contribution is 5.76. The predicted octanol–water partition coefficient (Wildman–Crippen LogP) is 3.65. The van der Waals surface area contributed by atoms with Gasteiger partial charge in [-0.1, -0.05) is 33.1 Å². The quantitative estimate of drug-likeness (QED) is 0.660. The Hall–Kier alpha value is -1.05. The predicted molar refractivity (Wildman–Crippen MR) is 66.6 cm³/mol. The average molecular weight is 206 g/mol. The smallest absolute Gasteiger partial charge is 0.0561 e. The summed E-state index contributed by atoms with van der Waals surface area (Å²) in [5.74, 6) is 0.760. The van der Waals surface area contributed by atoms with E-state index in [2.05, 4.69) is 23.8 Å². The lowest BCUT2D eigenvalue weighted by Gasteiger charge is -2.10. The van der Waals surface area contributed by atoms with Gasteiger partial charge in [0, 0.05) is 19.0 Å². The maximum Gasteiger partial charge on any atom is 0.0561 e. The molecule has 0 fully saturated rings. The van der Waals surface area contributed by atoms with E-state index in [0.29, 0.717) is 0 Å². The monoisotopic (exact) mass is 206 g/mol. The van der Waals surface area contributed by atoms with Crippen LogP contribution in [0.4, 0.5) is 0 Å². The van der Waals surface area contributed by atoms with Gasteiger partial charge >= 0.3 is 0 Å². The first-order chi connectivity index (χ1) is 7.36. The molecular formula is C13H22N2. The Bertz CT molecular complexity index is 262. The molecular weight excluding hydrogens is 184 g/mol. The van der Waals surface area contributed by atoms with E-state index in [0.717, 1.165) is 18.2 Å². The molecule has 2 heteroatoms. The molecule has 0 radical (unpaired) electrons. The molecule has 0 aliphatic carbocycles. The van der Waals surface area contributed by atoms with E-state index in [1.54, 1.807) is 0 Å². The van der Waals surface area contributed by atoms with Crippen molar-refractivity contribution >= 4 is 6.21 Å². The molecule has 0 saturated carbocycles. The standard InChI is InChI=1S/C13H22N2/c1-3-5-7-12(4-2)10-14-11-13-8-6-9-15-13/h6,8-9,11-12,15H,3-5,7,10H2,1-2H3. The summed E-state index contributed by atoms with van der Waals surface area (Å²) in [6.07, 6.45) is 9.04. The van der Waals surface area contributed by atoms with Gasteiger partial charge in [0.1, 0.15) is 0 Å². The SMILES string of the molecule is CCCCC(CC)CN=Cc1ccc[nH]1. The van der Waals surface area contributed by atoms with Gasteiger partial charge in [-0.05, 0) is 24.5 Å². The van der Waals surface area contributed by atoms with Crippen molar-refractivity contribution < 1.29 is 0 Å². The summed E-state index contributed by atoms with van der Waals surface area (Å²) in [6.45, 7) is 5.47. The second-order valence-electron chi connectivity index (χ2n) is 4.04. The summed E-state index contributed by atoms with van der Waals surface area (Å²) in [5, 5.41) is 0. The molecule has 0 aromatic carbocycles. The van der Waals surface area contributed by atoms with E-state index in [4.69, 9.17) is 0 Å². The minimum Gasteiger partial charge on any atom is -0.360 e. The van der Waals surface area contributed by atoms with Crippen LogP contribution >= 0.6 is 0 Å². The van der Waals surface area contributed by atoms with Gasteiger partial charge in [-0.25, -0.2) is 0 Å². The fraction of sp³-hybridized carbons (Fsp3) is 0.615. The molecule has 0 spiro atoms.